The first-order valence-electron chi connectivity index (χ1n) is 9.67. The zero-order valence-corrected chi connectivity index (χ0v) is 18.0. The zero-order valence-electron chi connectivity index (χ0n) is 17.2. The minimum Gasteiger partial charge on any atom is -0.347 e. The highest BCUT2D eigenvalue weighted by molar-refractivity contribution is 6.32. The minimum atomic E-state index is -1.53. The van der Waals surface area contributed by atoms with Crippen molar-refractivity contribution >= 4 is 29.4 Å². The van der Waals surface area contributed by atoms with E-state index in [0.717, 1.165) is 17.0 Å². The second-order valence-corrected chi connectivity index (χ2v) is 8.32. The predicted molar refractivity (Wildman–Crippen MR) is 111 cm³/mol. The lowest BCUT2D eigenvalue weighted by Crippen LogP contribution is -2.44. The number of nitrogens with one attached hydrogen (secondary N) is 2. The van der Waals surface area contributed by atoms with Crippen LogP contribution in [-0.4, -0.2) is 29.3 Å². The van der Waals surface area contributed by atoms with Crippen LogP contribution in [0.2, 0.25) is 5.02 Å². The average Bonchev–Trinajstić information content (AvgIpc) is 2.90. The summed E-state index contributed by atoms with van der Waals surface area (Å²) in [4.78, 5) is 38.9. The van der Waals surface area contributed by atoms with Crippen LogP contribution < -0.4 is 10.6 Å². The Morgan fingerprint density at radius 2 is 1.74 bits per heavy atom. The molecule has 1 aliphatic rings. The molecule has 2 aromatic rings. The maximum absolute atomic E-state index is 13.4. The first kappa shape index (κ1) is 22.7. The van der Waals surface area contributed by atoms with Crippen LogP contribution in [0.25, 0.3) is 0 Å². The molecule has 2 aromatic carbocycles. The summed E-state index contributed by atoms with van der Waals surface area (Å²) in [7, 11) is 0. The van der Waals surface area contributed by atoms with Crippen LogP contribution in [0.4, 0.5) is 13.6 Å². The number of carbonyl (C=O) groups is 3. The van der Waals surface area contributed by atoms with Crippen molar-refractivity contribution in [2.24, 2.45) is 5.92 Å². The smallest absolute Gasteiger partial charge is 0.325 e. The van der Waals surface area contributed by atoms with Crippen LogP contribution in [0.5, 0.6) is 0 Å². The molecule has 1 saturated heterocycles. The normalized spacial score (nSPS) is 19.5. The first-order valence-corrected chi connectivity index (χ1v) is 10.0. The van der Waals surface area contributed by atoms with Gasteiger partial charge in [0.2, 0.25) is 5.91 Å². The van der Waals surface area contributed by atoms with Crippen LogP contribution in [0.3, 0.4) is 0 Å². The molecule has 1 heterocycles. The van der Waals surface area contributed by atoms with Gasteiger partial charge < -0.3 is 10.6 Å². The SMILES string of the molecule is CC(C)C(NC(=O)CN1C(=O)NC(C)(c2ccc(F)cc2Cl)C1=O)c1ccc(F)cc1. The van der Waals surface area contributed by atoms with Crippen molar-refractivity contribution in [2.45, 2.75) is 32.4 Å². The fraction of sp³-hybridized carbons (Fsp3) is 0.318. The fourth-order valence-corrected chi connectivity index (χ4v) is 3.94. The molecule has 9 heteroatoms. The van der Waals surface area contributed by atoms with Gasteiger partial charge in [-0.2, -0.15) is 0 Å². The van der Waals surface area contributed by atoms with E-state index in [1.807, 2.05) is 13.8 Å². The van der Waals surface area contributed by atoms with Gasteiger partial charge in [-0.3, -0.25) is 14.5 Å². The van der Waals surface area contributed by atoms with E-state index < -0.39 is 47.6 Å². The maximum atomic E-state index is 13.4. The lowest BCUT2D eigenvalue weighted by Gasteiger charge is -2.25. The van der Waals surface area contributed by atoms with E-state index in [4.69, 9.17) is 11.6 Å². The Morgan fingerprint density at radius 3 is 2.32 bits per heavy atom. The quantitative estimate of drug-likeness (QED) is 0.656. The average molecular weight is 450 g/mol. The fourth-order valence-electron chi connectivity index (χ4n) is 3.59. The van der Waals surface area contributed by atoms with E-state index in [9.17, 15) is 23.2 Å². The molecule has 31 heavy (non-hydrogen) atoms. The summed E-state index contributed by atoms with van der Waals surface area (Å²) < 4.78 is 26.6. The molecule has 0 bridgehead atoms. The van der Waals surface area contributed by atoms with Crippen molar-refractivity contribution in [1.29, 1.82) is 0 Å². The first-order chi connectivity index (χ1) is 14.5. The molecule has 0 spiro atoms. The van der Waals surface area contributed by atoms with Gasteiger partial charge in [0.15, 0.2) is 0 Å². The summed E-state index contributed by atoms with van der Waals surface area (Å²) in [6, 6.07) is 8.05. The number of carbonyl (C=O) groups excluding carboxylic acids is 3. The molecule has 0 aliphatic carbocycles. The Hall–Kier alpha value is -3.00. The van der Waals surface area contributed by atoms with Gasteiger partial charge in [-0.25, -0.2) is 13.6 Å². The molecular formula is C22H22ClF2N3O3. The molecule has 0 aromatic heterocycles. The molecule has 2 N–H and O–H groups in total. The zero-order chi connectivity index (χ0) is 22.9. The molecule has 0 radical (unpaired) electrons. The number of rotatable bonds is 6. The molecule has 1 aliphatic heterocycles. The van der Waals surface area contributed by atoms with Crippen molar-refractivity contribution in [1.82, 2.24) is 15.5 Å². The van der Waals surface area contributed by atoms with E-state index in [1.165, 1.54) is 25.1 Å². The molecule has 0 saturated carbocycles. The summed E-state index contributed by atoms with van der Waals surface area (Å²) >= 11 is 6.08. The minimum absolute atomic E-state index is 0.0152. The lowest BCUT2D eigenvalue weighted by atomic mass is 9.92. The van der Waals surface area contributed by atoms with Crippen LogP contribution in [-0.2, 0) is 15.1 Å². The van der Waals surface area contributed by atoms with E-state index in [-0.39, 0.29) is 16.5 Å². The third-order valence-corrected chi connectivity index (χ3v) is 5.57. The third-order valence-electron chi connectivity index (χ3n) is 5.26. The van der Waals surface area contributed by atoms with Crippen LogP contribution in [0.1, 0.15) is 37.9 Å². The Labute approximate surface area is 183 Å². The number of imide groups is 1. The maximum Gasteiger partial charge on any atom is 0.325 e. The molecule has 2 atom stereocenters. The van der Waals surface area contributed by atoms with Crippen molar-refractivity contribution in [3.63, 3.8) is 0 Å². The highest BCUT2D eigenvalue weighted by atomic mass is 35.5. The molecule has 2 unspecified atom stereocenters. The number of benzene rings is 2. The van der Waals surface area contributed by atoms with Crippen LogP contribution in [0.15, 0.2) is 42.5 Å². The summed E-state index contributed by atoms with van der Waals surface area (Å²) in [5, 5.41) is 5.32. The number of amides is 4. The topological polar surface area (TPSA) is 78.5 Å². The number of nitrogens with zero attached hydrogens (tertiary/aromatic N) is 1. The van der Waals surface area contributed by atoms with Crippen molar-refractivity contribution in [3.05, 3.63) is 70.2 Å². The number of urea groups is 1. The number of halogens is 3. The predicted octanol–water partition coefficient (Wildman–Crippen LogP) is 3.90. The van der Waals surface area contributed by atoms with Gasteiger partial charge in [-0.15, -0.1) is 0 Å². The highest BCUT2D eigenvalue weighted by Gasteiger charge is 2.50. The van der Waals surface area contributed by atoms with E-state index in [0.29, 0.717) is 5.56 Å². The monoisotopic (exact) mass is 449 g/mol. The second-order valence-electron chi connectivity index (χ2n) is 7.91. The largest absolute Gasteiger partial charge is 0.347 e. The second kappa shape index (κ2) is 8.63. The standard InChI is InChI=1S/C22H22ClF2N3O3/c1-12(2)19(13-4-6-14(24)7-5-13)26-18(29)11-28-20(30)22(3,27-21(28)31)16-9-8-15(25)10-17(16)23/h4-10,12,19H,11H2,1-3H3,(H,26,29)(H,27,31). The Morgan fingerprint density at radius 1 is 1.13 bits per heavy atom. The van der Waals surface area contributed by atoms with Gasteiger partial charge in [0.05, 0.1) is 6.04 Å². The summed E-state index contributed by atoms with van der Waals surface area (Å²) in [6.07, 6.45) is 0. The third kappa shape index (κ3) is 4.54. The highest BCUT2D eigenvalue weighted by Crippen LogP contribution is 2.34. The van der Waals surface area contributed by atoms with Crippen molar-refractivity contribution < 1.29 is 23.2 Å². The molecule has 4 amide bonds. The lowest BCUT2D eigenvalue weighted by molar-refractivity contribution is -0.135. The summed E-state index contributed by atoms with van der Waals surface area (Å²) in [5.74, 6) is -2.23. The molecular weight excluding hydrogens is 428 g/mol. The molecule has 164 valence electrons. The van der Waals surface area contributed by atoms with Gasteiger partial charge in [-0.1, -0.05) is 43.6 Å². The van der Waals surface area contributed by atoms with Crippen LogP contribution in [0, 0.1) is 17.6 Å². The van der Waals surface area contributed by atoms with Gasteiger partial charge in [0, 0.05) is 10.6 Å². The number of hydrogen-bond donors (Lipinski definition) is 2. The van der Waals surface area contributed by atoms with Crippen LogP contribution >= 0.6 is 11.6 Å². The molecule has 3 rings (SSSR count). The van der Waals surface area contributed by atoms with Gasteiger partial charge in [0.25, 0.3) is 5.91 Å². The Kier molecular flexibility index (Phi) is 6.31. The van der Waals surface area contributed by atoms with Crippen molar-refractivity contribution in [3.8, 4) is 0 Å². The van der Waals surface area contributed by atoms with Gasteiger partial charge in [0.1, 0.15) is 23.7 Å². The van der Waals surface area contributed by atoms with E-state index in [1.54, 1.807) is 12.1 Å². The Bertz CT molecular complexity index is 1030. The van der Waals surface area contributed by atoms with Gasteiger partial charge in [-0.05, 0) is 42.7 Å². The van der Waals surface area contributed by atoms with E-state index >= 15 is 0 Å². The summed E-state index contributed by atoms with van der Waals surface area (Å²) in [6.45, 7) is 4.70. The molecule has 1 fully saturated rings. The van der Waals surface area contributed by atoms with Crippen molar-refractivity contribution in [2.75, 3.05) is 6.54 Å². The Balaban J connectivity index is 1.77. The molecule has 6 nitrogen and oxygen atoms in total. The number of hydrogen-bond acceptors (Lipinski definition) is 3. The van der Waals surface area contributed by atoms with Gasteiger partial charge >= 0.3 is 6.03 Å². The van der Waals surface area contributed by atoms with E-state index in [2.05, 4.69) is 10.6 Å². The summed E-state index contributed by atoms with van der Waals surface area (Å²) in [5.41, 5.74) is -0.607.